The summed E-state index contributed by atoms with van der Waals surface area (Å²) in [7, 11) is 3.21. The Morgan fingerprint density at radius 3 is 2.68 bits per heavy atom. The van der Waals surface area contributed by atoms with Crippen LogP contribution in [-0.2, 0) is 9.53 Å². The molecule has 122 valence electrons. The van der Waals surface area contributed by atoms with Gasteiger partial charge >= 0.3 is 0 Å². The summed E-state index contributed by atoms with van der Waals surface area (Å²) in [4.78, 5) is 12.3. The van der Waals surface area contributed by atoms with Gasteiger partial charge < -0.3 is 24.8 Å². The summed E-state index contributed by atoms with van der Waals surface area (Å²) in [6, 6.07) is 5.40. The zero-order valence-electron chi connectivity index (χ0n) is 13.2. The molecule has 0 unspecified atom stereocenters. The van der Waals surface area contributed by atoms with Gasteiger partial charge in [-0.3, -0.25) is 4.79 Å². The Hall–Kier alpha value is -1.79. The smallest absolute Gasteiger partial charge is 0.227 e. The van der Waals surface area contributed by atoms with Crippen molar-refractivity contribution in [3.05, 3.63) is 18.2 Å². The van der Waals surface area contributed by atoms with Gasteiger partial charge in [-0.05, 0) is 38.1 Å². The number of methoxy groups -OCH3 is 2. The number of piperidine rings is 1. The van der Waals surface area contributed by atoms with E-state index in [1.165, 1.54) is 0 Å². The molecule has 1 amide bonds. The van der Waals surface area contributed by atoms with E-state index in [2.05, 4.69) is 10.6 Å². The minimum absolute atomic E-state index is 0.0644. The molecule has 2 N–H and O–H groups in total. The predicted molar refractivity (Wildman–Crippen MR) is 84.6 cm³/mol. The summed E-state index contributed by atoms with van der Waals surface area (Å²) in [5.41, 5.74) is 0.719. The van der Waals surface area contributed by atoms with Gasteiger partial charge in [-0.1, -0.05) is 0 Å². The van der Waals surface area contributed by atoms with Crippen LogP contribution in [0.2, 0.25) is 0 Å². The predicted octanol–water partition coefficient (Wildman–Crippen LogP) is 1.66. The van der Waals surface area contributed by atoms with Crippen molar-refractivity contribution in [2.24, 2.45) is 5.92 Å². The number of carbonyl (C=O) groups is 1. The Labute approximate surface area is 131 Å². The van der Waals surface area contributed by atoms with Gasteiger partial charge in [0.15, 0.2) is 11.5 Å². The number of rotatable bonds is 7. The minimum atomic E-state index is 0.0644. The lowest BCUT2D eigenvalue weighted by Gasteiger charge is -2.22. The summed E-state index contributed by atoms with van der Waals surface area (Å²) < 4.78 is 15.9. The van der Waals surface area contributed by atoms with E-state index < -0.39 is 0 Å². The van der Waals surface area contributed by atoms with E-state index in [1.54, 1.807) is 26.4 Å². The third-order valence-electron chi connectivity index (χ3n) is 3.69. The highest BCUT2D eigenvalue weighted by Crippen LogP contribution is 2.30. The molecule has 6 nitrogen and oxygen atoms in total. The molecule has 1 aliphatic heterocycles. The Morgan fingerprint density at radius 1 is 1.23 bits per heavy atom. The third-order valence-corrected chi connectivity index (χ3v) is 3.69. The number of ether oxygens (including phenoxy) is 3. The van der Waals surface area contributed by atoms with E-state index in [9.17, 15) is 4.79 Å². The van der Waals surface area contributed by atoms with Gasteiger partial charge in [0.1, 0.15) is 6.61 Å². The van der Waals surface area contributed by atoms with Gasteiger partial charge in [0, 0.05) is 24.8 Å². The molecule has 1 aromatic carbocycles. The number of nitrogens with one attached hydrogen (secondary N) is 2. The van der Waals surface area contributed by atoms with Crippen LogP contribution in [0.4, 0.5) is 5.69 Å². The van der Waals surface area contributed by atoms with E-state index in [1.807, 2.05) is 6.07 Å². The van der Waals surface area contributed by atoms with Crippen molar-refractivity contribution in [3.8, 4) is 11.5 Å². The molecule has 0 radical (unpaired) electrons. The van der Waals surface area contributed by atoms with Crippen LogP contribution in [0.5, 0.6) is 11.5 Å². The highest BCUT2D eigenvalue weighted by Gasteiger charge is 2.21. The molecule has 1 fully saturated rings. The Kier molecular flexibility index (Phi) is 6.48. The fraction of sp³-hybridized carbons (Fsp3) is 0.562. The number of carbonyl (C=O) groups excluding carboxylic acids is 1. The monoisotopic (exact) mass is 308 g/mol. The van der Waals surface area contributed by atoms with Gasteiger partial charge in [-0.25, -0.2) is 0 Å². The average Bonchev–Trinajstić information content (AvgIpc) is 2.56. The normalized spacial score (nSPS) is 15.4. The van der Waals surface area contributed by atoms with Gasteiger partial charge in [0.05, 0.1) is 13.7 Å². The van der Waals surface area contributed by atoms with E-state index in [0.717, 1.165) is 31.6 Å². The number of hydrogen-bond acceptors (Lipinski definition) is 5. The van der Waals surface area contributed by atoms with Crippen molar-refractivity contribution in [2.75, 3.05) is 45.8 Å². The molecule has 0 saturated carbocycles. The molecule has 1 heterocycles. The maximum atomic E-state index is 12.3. The van der Waals surface area contributed by atoms with Crippen LogP contribution in [0.25, 0.3) is 0 Å². The fourth-order valence-electron chi connectivity index (χ4n) is 2.43. The van der Waals surface area contributed by atoms with Gasteiger partial charge in [0.2, 0.25) is 5.91 Å². The lowest BCUT2D eigenvalue weighted by Crippen LogP contribution is -2.34. The first kappa shape index (κ1) is 16.6. The molecule has 1 aromatic rings. The quantitative estimate of drug-likeness (QED) is 0.750. The molecule has 0 bridgehead atoms. The van der Waals surface area contributed by atoms with Gasteiger partial charge in [-0.2, -0.15) is 0 Å². The van der Waals surface area contributed by atoms with Gasteiger partial charge in [-0.15, -0.1) is 0 Å². The van der Waals surface area contributed by atoms with Gasteiger partial charge in [0.25, 0.3) is 0 Å². The Balaban J connectivity index is 2.00. The van der Waals surface area contributed by atoms with Crippen molar-refractivity contribution in [3.63, 3.8) is 0 Å². The molecule has 0 spiro atoms. The highest BCUT2D eigenvalue weighted by molar-refractivity contribution is 5.93. The van der Waals surface area contributed by atoms with Crippen LogP contribution in [0.1, 0.15) is 12.8 Å². The topological polar surface area (TPSA) is 68.8 Å². The largest absolute Gasteiger partial charge is 0.493 e. The zero-order chi connectivity index (χ0) is 15.8. The van der Waals surface area contributed by atoms with Crippen molar-refractivity contribution in [2.45, 2.75) is 12.8 Å². The van der Waals surface area contributed by atoms with Crippen LogP contribution < -0.4 is 20.1 Å². The molecule has 0 aliphatic carbocycles. The van der Waals surface area contributed by atoms with E-state index in [0.29, 0.717) is 24.7 Å². The summed E-state index contributed by atoms with van der Waals surface area (Å²) in [6.45, 7) is 2.71. The minimum Gasteiger partial charge on any atom is -0.493 e. The van der Waals surface area contributed by atoms with Crippen LogP contribution in [0.3, 0.4) is 0 Å². The summed E-state index contributed by atoms with van der Waals surface area (Å²) in [5.74, 6) is 1.37. The van der Waals surface area contributed by atoms with Crippen molar-refractivity contribution in [1.29, 1.82) is 0 Å². The molecular weight excluding hydrogens is 284 g/mol. The SMILES string of the molecule is COCCOc1cc(NC(=O)C2CCNCC2)ccc1OC. The number of amides is 1. The first-order valence-electron chi connectivity index (χ1n) is 7.56. The first-order chi connectivity index (χ1) is 10.7. The average molecular weight is 308 g/mol. The molecule has 0 atom stereocenters. The Bertz CT molecular complexity index is 487. The zero-order valence-corrected chi connectivity index (χ0v) is 13.2. The summed E-state index contributed by atoms with van der Waals surface area (Å²) in [6.07, 6.45) is 1.75. The number of hydrogen-bond donors (Lipinski definition) is 2. The molecule has 1 aliphatic rings. The fourth-order valence-corrected chi connectivity index (χ4v) is 2.43. The van der Waals surface area contributed by atoms with Crippen molar-refractivity contribution < 1.29 is 19.0 Å². The molecule has 1 saturated heterocycles. The summed E-state index contributed by atoms with van der Waals surface area (Å²) in [5, 5.41) is 6.22. The van der Waals surface area contributed by atoms with Crippen LogP contribution in [0.15, 0.2) is 18.2 Å². The summed E-state index contributed by atoms with van der Waals surface area (Å²) >= 11 is 0. The van der Waals surface area contributed by atoms with Crippen LogP contribution in [0, 0.1) is 5.92 Å². The second-order valence-corrected chi connectivity index (χ2v) is 5.22. The molecule has 22 heavy (non-hydrogen) atoms. The highest BCUT2D eigenvalue weighted by atomic mass is 16.5. The molecule has 2 rings (SSSR count). The second-order valence-electron chi connectivity index (χ2n) is 5.22. The molecule has 0 aromatic heterocycles. The maximum absolute atomic E-state index is 12.3. The van der Waals surface area contributed by atoms with Crippen LogP contribution in [-0.4, -0.2) is 46.4 Å². The van der Waals surface area contributed by atoms with Crippen LogP contribution >= 0.6 is 0 Å². The second kappa shape index (κ2) is 8.60. The maximum Gasteiger partial charge on any atom is 0.227 e. The molecular formula is C16H24N2O4. The number of benzene rings is 1. The number of anilines is 1. The lowest BCUT2D eigenvalue weighted by molar-refractivity contribution is -0.120. The first-order valence-corrected chi connectivity index (χ1v) is 7.56. The third kappa shape index (κ3) is 4.61. The van der Waals surface area contributed by atoms with E-state index >= 15 is 0 Å². The lowest BCUT2D eigenvalue weighted by atomic mass is 9.97. The standard InChI is InChI=1S/C16H24N2O4/c1-20-9-10-22-15-11-13(3-4-14(15)21-2)18-16(19)12-5-7-17-8-6-12/h3-4,11-12,17H,5-10H2,1-2H3,(H,18,19). The van der Waals surface area contributed by atoms with E-state index in [4.69, 9.17) is 14.2 Å². The van der Waals surface area contributed by atoms with E-state index in [-0.39, 0.29) is 11.8 Å². The Morgan fingerprint density at radius 2 is 2.00 bits per heavy atom. The molecule has 6 heteroatoms. The van der Waals surface area contributed by atoms with Crippen molar-refractivity contribution in [1.82, 2.24) is 5.32 Å². The van der Waals surface area contributed by atoms with Crippen molar-refractivity contribution >= 4 is 11.6 Å².